The Hall–Kier alpha value is -3.93. The molecule has 2 atom stereocenters. The third-order valence-electron chi connectivity index (χ3n) is 7.97. The summed E-state index contributed by atoms with van der Waals surface area (Å²) in [7, 11) is -2.90. The van der Waals surface area contributed by atoms with Gasteiger partial charge in [-0.2, -0.15) is 0 Å². The summed E-state index contributed by atoms with van der Waals surface area (Å²) < 4.78 is 57.7. The van der Waals surface area contributed by atoms with E-state index in [4.69, 9.17) is 0 Å². The highest BCUT2D eigenvalue weighted by molar-refractivity contribution is 7.90. The lowest BCUT2D eigenvalue weighted by molar-refractivity contribution is 0.102. The van der Waals surface area contributed by atoms with Gasteiger partial charge in [0.15, 0.2) is 10.7 Å². The predicted molar refractivity (Wildman–Crippen MR) is 190 cm³/mol. The number of aromatic amines is 2. The van der Waals surface area contributed by atoms with Gasteiger partial charge in [0.05, 0.1) is 0 Å². The second-order valence-corrected chi connectivity index (χ2v) is 16.5. The van der Waals surface area contributed by atoms with Gasteiger partial charge in [0.2, 0.25) is 20.0 Å². The third kappa shape index (κ3) is 9.20. The van der Waals surface area contributed by atoms with E-state index in [9.17, 15) is 21.6 Å². The number of nitrogens with one attached hydrogen (secondary N) is 3. The molecule has 266 valence electrons. The van der Waals surface area contributed by atoms with Crippen LogP contribution in [-0.4, -0.2) is 102 Å². The van der Waals surface area contributed by atoms with Crippen LogP contribution in [0.2, 0.25) is 0 Å². The van der Waals surface area contributed by atoms with E-state index in [1.807, 2.05) is 24.3 Å². The van der Waals surface area contributed by atoms with Gasteiger partial charge in [-0.05, 0) is 61.3 Å². The number of nitrogens with zero attached hydrogens (tertiary/aromatic N) is 6. The Morgan fingerprint density at radius 2 is 1.16 bits per heavy atom. The van der Waals surface area contributed by atoms with E-state index in [0.29, 0.717) is 16.8 Å². The number of anilines is 1. The van der Waals surface area contributed by atoms with E-state index in [1.54, 1.807) is 24.3 Å². The van der Waals surface area contributed by atoms with Crippen molar-refractivity contribution in [2.45, 2.75) is 50.5 Å². The lowest BCUT2D eigenvalue weighted by atomic mass is 10.1. The smallest absolute Gasteiger partial charge is 0.255 e. The van der Waals surface area contributed by atoms with Crippen molar-refractivity contribution in [3.05, 3.63) is 102 Å². The maximum absolute atomic E-state index is 13.9. The SMILES string of the molecule is CCCN(CCC)Cc1ccc(NC(=O)c2ccc(CN(C(c3ncc[nH]3)S(=O)(=O)N(C)C)C(c3ncc[nH]3)S(=O)(=O)N(C)C)cc2)cc1. The summed E-state index contributed by atoms with van der Waals surface area (Å²) >= 11 is 0. The number of amides is 1. The molecule has 4 aromatic rings. The van der Waals surface area contributed by atoms with Gasteiger partial charge in [-0.15, -0.1) is 0 Å². The number of aromatic nitrogens is 4. The van der Waals surface area contributed by atoms with Crippen LogP contribution >= 0.6 is 0 Å². The fourth-order valence-corrected chi connectivity index (χ4v) is 8.26. The van der Waals surface area contributed by atoms with Crippen LogP contribution in [0.1, 0.15) is 70.6 Å². The van der Waals surface area contributed by atoms with E-state index in [2.05, 4.69) is 44.0 Å². The van der Waals surface area contributed by atoms with Gasteiger partial charge in [-0.1, -0.05) is 38.1 Å². The lowest BCUT2D eigenvalue weighted by Crippen LogP contribution is -2.46. The van der Waals surface area contributed by atoms with Gasteiger partial charge in [-0.25, -0.2) is 35.4 Å². The minimum Gasteiger partial charge on any atom is -0.346 e. The van der Waals surface area contributed by atoms with Crippen LogP contribution in [0.15, 0.2) is 73.3 Å². The summed E-state index contributed by atoms with van der Waals surface area (Å²) in [5, 5.41) is -0.173. The van der Waals surface area contributed by atoms with Gasteiger partial charge in [0.1, 0.15) is 11.6 Å². The number of hydrogen-bond donors (Lipinski definition) is 3. The van der Waals surface area contributed by atoms with Crippen LogP contribution in [0.4, 0.5) is 5.69 Å². The van der Waals surface area contributed by atoms with Crippen LogP contribution in [0.3, 0.4) is 0 Å². The van der Waals surface area contributed by atoms with Crippen LogP contribution in [0.25, 0.3) is 0 Å². The molecule has 2 heterocycles. The van der Waals surface area contributed by atoms with Crippen molar-refractivity contribution in [3.8, 4) is 0 Å². The number of carbonyl (C=O) groups excluding carboxylic acids is 1. The Morgan fingerprint density at radius 3 is 1.57 bits per heavy atom. The molecular formula is C33H47N9O5S2. The Morgan fingerprint density at radius 1 is 0.714 bits per heavy atom. The number of H-pyrrole nitrogens is 2. The normalized spacial score (nSPS) is 13.8. The van der Waals surface area contributed by atoms with Crippen molar-refractivity contribution in [2.24, 2.45) is 0 Å². The Labute approximate surface area is 289 Å². The second kappa shape index (κ2) is 16.7. The molecule has 0 aliphatic carbocycles. The van der Waals surface area contributed by atoms with E-state index >= 15 is 0 Å². The molecule has 0 aliphatic heterocycles. The minimum absolute atomic E-state index is 0.0321. The van der Waals surface area contributed by atoms with Crippen molar-refractivity contribution in [1.29, 1.82) is 0 Å². The van der Waals surface area contributed by atoms with E-state index in [-0.39, 0.29) is 24.1 Å². The summed E-state index contributed by atoms with van der Waals surface area (Å²) in [6.07, 6.45) is 7.94. The second-order valence-electron chi connectivity index (χ2n) is 12.1. The summed E-state index contributed by atoms with van der Waals surface area (Å²) in [6.45, 7) is 7.10. The lowest BCUT2D eigenvalue weighted by Gasteiger charge is -2.37. The van der Waals surface area contributed by atoms with Crippen LogP contribution in [0, 0.1) is 0 Å². The fourth-order valence-electron chi connectivity index (χ4n) is 5.48. The molecule has 2 unspecified atom stereocenters. The van der Waals surface area contributed by atoms with Gasteiger partial charge in [-0.3, -0.25) is 14.6 Å². The quantitative estimate of drug-likeness (QED) is 0.138. The molecule has 0 aliphatic rings. The fraction of sp³-hybridized carbons (Fsp3) is 0.424. The molecule has 49 heavy (non-hydrogen) atoms. The van der Waals surface area contributed by atoms with Gasteiger partial charge in [0.25, 0.3) is 5.91 Å². The third-order valence-corrected chi connectivity index (χ3v) is 12.1. The molecule has 0 saturated carbocycles. The topological polar surface area (TPSA) is 168 Å². The number of imidazole rings is 2. The van der Waals surface area contributed by atoms with E-state index in [0.717, 1.165) is 41.1 Å². The highest BCUT2D eigenvalue weighted by atomic mass is 32.2. The molecule has 0 saturated heterocycles. The zero-order valence-corrected chi connectivity index (χ0v) is 30.5. The predicted octanol–water partition coefficient (Wildman–Crippen LogP) is 3.99. The summed E-state index contributed by atoms with van der Waals surface area (Å²) in [5.41, 5.74) is 2.76. The number of rotatable bonds is 18. The Balaban J connectivity index is 1.64. The molecule has 0 radical (unpaired) electrons. The summed E-state index contributed by atoms with van der Waals surface area (Å²) in [5.74, 6) is -0.253. The van der Waals surface area contributed by atoms with Crippen molar-refractivity contribution in [3.63, 3.8) is 0 Å². The number of carbonyl (C=O) groups is 1. The highest BCUT2D eigenvalue weighted by Crippen LogP contribution is 2.38. The van der Waals surface area contributed by atoms with Crippen LogP contribution in [-0.2, 0) is 33.1 Å². The first kappa shape index (κ1) is 37.9. The molecule has 16 heteroatoms. The van der Waals surface area contributed by atoms with Crippen molar-refractivity contribution < 1.29 is 21.6 Å². The number of hydrogen-bond acceptors (Lipinski definition) is 9. The highest BCUT2D eigenvalue weighted by Gasteiger charge is 2.47. The van der Waals surface area contributed by atoms with Crippen molar-refractivity contribution >= 4 is 31.6 Å². The maximum Gasteiger partial charge on any atom is 0.255 e. The minimum atomic E-state index is -4.20. The summed E-state index contributed by atoms with van der Waals surface area (Å²) in [4.78, 5) is 31.1. The molecule has 0 bridgehead atoms. The van der Waals surface area contributed by atoms with Crippen molar-refractivity contribution in [1.82, 2.24) is 38.3 Å². The first-order valence-corrected chi connectivity index (χ1v) is 19.1. The number of benzene rings is 2. The molecule has 1 amide bonds. The Kier molecular flexibility index (Phi) is 12.9. The zero-order chi connectivity index (χ0) is 35.8. The molecule has 14 nitrogen and oxygen atoms in total. The average Bonchev–Trinajstić information content (AvgIpc) is 3.78. The molecule has 3 N–H and O–H groups in total. The zero-order valence-electron chi connectivity index (χ0n) is 28.9. The van der Waals surface area contributed by atoms with Gasteiger partial charge >= 0.3 is 0 Å². The maximum atomic E-state index is 13.9. The molecular weight excluding hydrogens is 667 g/mol. The van der Waals surface area contributed by atoms with Gasteiger partial charge in [0, 0.05) is 77.3 Å². The summed E-state index contributed by atoms with van der Waals surface area (Å²) in [6, 6.07) is 14.4. The first-order chi connectivity index (χ1) is 23.3. The molecule has 0 fully saturated rings. The average molecular weight is 714 g/mol. The molecule has 4 rings (SSSR count). The van der Waals surface area contributed by atoms with E-state index < -0.39 is 30.8 Å². The van der Waals surface area contributed by atoms with Gasteiger partial charge < -0.3 is 15.3 Å². The Bertz CT molecular complexity index is 1750. The monoisotopic (exact) mass is 713 g/mol. The van der Waals surface area contributed by atoms with Crippen molar-refractivity contribution in [2.75, 3.05) is 46.6 Å². The largest absolute Gasteiger partial charge is 0.346 e. The van der Waals surface area contributed by atoms with Crippen LogP contribution < -0.4 is 5.32 Å². The van der Waals surface area contributed by atoms with Crippen LogP contribution in [0.5, 0.6) is 0 Å². The number of sulfonamides is 2. The molecule has 2 aromatic heterocycles. The standard InChI is InChI=1S/C33H47N9O5S2/c1-7-21-41(22-8-2)23-25-11-15-28(16-12-25)38-31(43)27-13-9-26(10-14-27)24-42(32(29-34-17-18-35-29)48(44,45)39(3)4)33(30-36-19-20-37-30)49(46,47)40(5)6/h9-20,32-33H,7-8,21-24H2,1-6H3,(H,34,35)(H,36,37)(H,38,43). The molecule has 2 aromatic carbocycles. The first-order valence-electron chi connectivity index (χ1n) is 16.1. The van der Waals surface area contributed by atoms with E-state index in [1.165, 1.54) is 63.4 Å². The molecule has 0 spiro atoms.